The molecular weight excluding hydrogens is 456 g/mol. The number of esters is 2. The van der Waals surface area contributed by atoms with Gasteiger partial charge in [-0.15, -0.1) is 0 Å². The maximum atomic E-state index is 13.7. The van der Waals surface area contributed by atoms with Gasteiger partial charge in [-0.1, -0.05) is 72.8 Å². The minimum atomic E-state index is -0.702. The fourth-order valence-electron chi connectivity index (χ4n) is 3.89. The van der Waals surface area contributed by atoms with Crippen LogP contribution < -0.4 is 5.56 Å². The first-order valence-corrected chi connectivity index (χ1v) is 11.7. The van der Waals surface area contributed by atoms with Crippen molar-refractivity contribution < 1.29 is 19.1 Å². The number of carbonyl (C=O) groups is 2. The van der Waals surface area contributed by atoms with Gasteiger partial charge in [-0.05, 0) is 37.1 Å². The lowest BCUT2D eigenvalue weighted by Gasteiger charge is -2.17. The first kappa shape index (κ1) is 24.6. The standard InChI is InChI=1S/C29H26N2O5/c1-3-35-28(33)23-17-15-20(16-18-23)19-31-27(32)25(29(34)36-4-2)24(21-11-7-5-8-12-21)26(30-31)22-13-9-6-10-14-22/h5-18H,3-4,19H2,1-2H3. The van der Waals surface area contributed by atoms with Crippen molar-refractivity contribution in [2.75, 3.05) is 13.2 Å². The van der Waals surface area contributed by atoms with Gasteiger partial charge in [0.2, 0.25) is 0 Å². The van der Waals surface area contributed by atoms with E-state index in [2.05, 4.69) is 0 Å². The van der Waals surface area contributed by atoms with Crippen LogP contribution >= 0.6 is 0 Å². The molecule has 1 aromatic heterocycles. The number of rotatable bonds is 8. The maximum absolute atomic E-state index is 13.7. The smallest absolute Gasteiger partial charge is 0.344 e. The molecule has 0 atom stereocenters. The average molecular weight is 483 g/mol. The van der Waals surface area contributed by atoms with Gasteiger partial charge in [-0.3, -0.25) is 4.79 Å². The van der Waals surface area contributed by atoms with Gasteiger partial charge in [-0.2, -0.15) is 5.10 Å². The number of ether oxygens (including phenoxy) is 2. The summed E-state index contributed by atoms with van der Waals surface area (Å²) in [5.41, 5.74) is 2.90. The third-order valence-corrected chi connectivity index (χ3v) is 5.54. The van der Waals surface area contributed by atoms with Crippen molar-refractivity contribution >= 4 is 11.9 Å². The predicted molar refractivity (Wildman–Crippen MR) is 137 cm³/mol. The normalized spacial score (nSPS) is 10.6. The molecule has 1 heterocycles. The van der Waals surface area contributed by atoms with E-state index in [-0.39, 0.29) is 25.3 Å². The summed E-state index contributed by atoms with van der Waals surface area (Å²) in [6, 6.07) is 25.4. The second-order valence-corrected chi connectivity index (χ2v) is 7.93. The zero-order valence-corrected chi connectivity index (χ0v) is 20.1. The van der Waals surface area contributed by atoms with Crippen LogP contribution in [0.2, 0.25) is 0 Å². The van der Waals surface area contributed by atoms with Gasteiger partial charge < -0.3 is 9.47 Å². The van der Waals surface area contributed by atoms with Crippen LogP contribution in [0.1, 0.15) is 40.1 Å². The molecule has 0 saturated heterocycles. The molecule has 0 bridgehead atoms. The van der Waals surface area contributed by atoms with E-state index in [1.54, 1.807) is 38.1 Å². The first-order chi connectivity index (χ1) is 17.5. The van der Waals surface area contributed by atoms with Crippen LogP contribution in [0, 0.1) is 0 Å². The van der Waals surface area contributed by atoms with Crippen molar-refractivity contribution in [3.05, 3.63) is 112 Å². The fourth-order valence-corrected chi connectivity index (χ4v) is 3.89. The Morgan fingerprint density at radius 2 is 1.31 bits per heavy atom. The summed E-state index contributed by atoms with van der Waals surface area (Å²) >= 11 is 0. The third kappa shape index (κ3) is 5.25. The molecule has 7 nitrogen and oxygen atoms in total. The zero-order chi connectivity index (χ0) is 25.5. The van der Waals surface area contributed by atoms with Crippen LogP contribution in [0.4, 0.5) is 0 Å². The maximum Gasteiger partial charge on any atom is 0.344 e. The van der Waals surface area contributed by atoms with Crippen molar-refractivity contribution in [2.24, 2.45) is 0 Å². The summed E-state index contributed by atoms with van der Waals surface area (Å²) in [5, 5.41) is 4.71. The monoisotopic (exact) mass is 482 g/mol. The first-order valence-electron chi connectivity index (χ1n) is 11.7. The molecule has 0 saturated carbocycles. The van der Waals surface area contributed by atoms with E-state index >= 15 is 0 Å². The molecule has 182 valence electrons. The zero-order valence-electron chi connectivity index (χ0n) is 20.1. The molecule has 7 heteroatoms. The average Bonchev–Trinajstić information content (AvgIpc) is 2.91. The Morgan fingerprint density at radius 3 is 1.89 bits per heavy atom. The Kier molecular flexibility index (Phi) is 7.70. The van der Waals surface area contributed by atoms with Crippen LogP contribution in [0.5, 0.6) is 0 Å². The molecule has 0 amide bonds. The summed E-state index contributed by atoms with van der Waals surface area (Å²) in [6.45, 7) is 3.96. The molecule has 0 unspecified atom stereocenters. The molecular formula is C29H26N2O5. The third-order valence-electron chi connectivity index (χ3n) is 5.54. The highest BCUT2D eigenvalue weighted by Crippen LogP contribution is 2.32. The van der Waals surface area contributed by atoms with Gasteiger partial charge >= 0.3 is 11.9 Å². The Labute approximate surface area is 208 Å². The van der Waals surface area contributed by atoms with E-state index < -0.39 is 17.5 Å². The van der Waals surface area contributed by atoms with Crippen molar-refractivity contribution in [1.82, 2.24) is 9.78 Å². The van der Waals surface area contributed by atoms with E-state index in [0.717, 1.165) is 11.1 Å². The number of hydrogen-bond acceptors (Lipinski definition) is 6. The highest BCUT2D eigenvalue weighted by atomic mass is 16.5. The van der Waals surface area contributed by atoms with Crippen molar-refractivity contribution in [3.63, 3.8) is 0 Å². The van der Waals surface area contributed by atoms with Crippen molar-refractivity contribution in [1.29, 1.82) is 0 Å². The molecule has 0 aliphatic heterocycles. The van der Waals surface area contributed by atoms with Crippen LogP contribution in [0.3, 0.4) is 0 Å². The molecule has 0 aliphatic rings. The molecule has 4 rings (SSSR count). The largest absolute Gasteiger partial charge is 0.462 e. The molecule has 4 aromatic rings. The van der Waals surface area contributed by atoms with Gasteiger partial charge in [0.25, 0.3) is 5.56 Å². The number of aromatic nitrogens is 2. The van der Waals surface area contributed by atoms with Crippen molar-refractivity contribution in [2.45, 2.75) is 20.4 Å². The lowest BCUT2D eigenvalue weighted by Crippen LogP contribution is -2.31. The number of nitrogens with zero attached hydrogens (tertiary/aromatic N) is 2. The number of benzene rings is 3. The quantitative estimate of drug-likeness (QED) is 0.329. The number of carbonyl (C=O) groups excluding carboxylic acids is 2. The van der Waals surface area contributed by atoms with E-state index in [0.29, 0.717) is 22.4 Å². The van der Waals surface area contributed by atoms with E-state index in [1.165, 1.54) is 4.68 Å². The summed E-state index contributed by atoms with van der Waals surface area (Å²) < 4.78 is 11.6. The lowest BCUT2D eigenvalue weighted by atomic mass is 9.95. The summed E-state index contributed by atoms with van der Waals surface area (Å²) in [4.78, 5) is 38.7. The lowest BCUT2D eigenvalue weighted by molar-refractivity contribution is 0.0515. The van der Waals surface area contributed by atoms with Gasteiger partial charge in [-0.25, -0.2) is 14.3 Å². The van der Waals surface area contributed by atoms with E-state index in [9.17, 15) is 14.4 Å². The van der Waals surface area contributed by atoms with Crippen LogP contribution in [-0.4, -0.2) is 34.9 Å². The van der Waals surface area contributed by atoms with Crippen LogP contribution in [0.25, 0.3) is 22.4 Å². The van der Waals surface area contributed by atoms with Crippen molar-refractivity contribution in [3.8, 4) is 22.4 Å². The van der Waals surface area contributed by atoms with Gasteiger partial charge in [0, 0.05) is 11.1 Å². The van der Waals surface area contributed by atoms with E-state index in [1.807, 2.05) is 60.7 Å². The topological polar surface area (TPSA) is 87.5 Å². The Hall–Kier alpha value is -4.52. The van der Waals surface area contributed by atoms with Crippen LogP contribution in [0.15, 0.2) is 89.7 Å². The molecule has 0 radical (unpaired) electrons. The highest BCUT2D eigenvalue weighted by Gasteiger charge is 2.26. The van der Waals surface area contributed by atoms with Crippen LogP contribution in [-0.2, 0) is 16.0 Å². The molecule has 0 aliphatic carbocycles. The second kappa shape index (κ2) is 11.3. The Bertz CT molecular complexity index is 1410. The SMILES string of the molecule is CCOC(=O)c1ccc(Cn2nc(-c3ccccc3)c(-c3ccccc3)c(C(=O)OCC)c2=O)cc1. The molecule has 0 fully saturated rings. The minimum absolute atomic E-state index is 0.0694. The summed E-state index contributed by atoms with van der Waals surface area (Å²) in [6.07, 6.45) is 0. The second-order valence-electron chi connectivity index (χ2n) is 7.93. The summed E-state index contributed by atoms with van der Waals surface area (Å²) in [7, 11) is 0. The van der Waals surface area contributed by atoms with Gasteiger partial charge in [0.1, 0.15) is 5.56 Å². The Balaban J connectivity index is 1.89. The Morgan fingerprint density at radius 1 is 0.750 bits per heavy atom. The molecule has 0 spiro atoms. The fraction of sp³-hybridized carbons (Fsp3) is 0.172. The predicted octanol–water partition coefficient (Wildman–Crippen LogP) is 4.98. The van der Waals surface area contributed by atoms with Gasteiger partial charge in [0.05, 0.1) is 31.0 Å². The van der Waals surface area contributed by atoms with Gasteiger partial charge in [0.15, 0.2) is 0 Å². The highest BCUT2D eigenvalue weighted by molar-refractivity contribution is 6.00. The molecule has 3 aromatic carbocycles. The minimum Gasteiger partial charge on any atom is -0.462 e. The van der Waals surface area contributed by atoms with E-state index in [4.69, 9.17) is 14.6 Å². The molecule has 36 heavy (non-hydrogen) atoms. The molecule has 0 N–H and O–H groups in total. The number of hydrogen-bond donors (Lipinski definition) is 0. The summed E-state index contributed by atoms with van der Waals surface area (Å²) in [5.74, 6) is -1.12.